The molecule has 0 radical (unpaired) electrons. The summed E-state index contributed by atoms with van der Waals surface area (Å²) in [6.45, 7) is 0. The van der Waals surface area contributed by atoms with Crippen molar-refractivity contribution >= 4 is 84.6 Å². The molecule has 0 saturated heterocycles. The topological polar surface area (TPSA) is 59.3 Å². The molecule has 8 heteroatoms. The lowest BCUT2D eigenvalue weighted by atomic mass is 10.1. The Morgan fingerprint density at radius 3 is 2.38 bits per heavy atom. The van der Waals surface area contributed by atoms with Gasteiger partial charge in [0.2, 0.25) is 5.78 Å². The van der Waals surface area contributed by atoms with Crippen LogP contribution >= 0.6 is 46.1 Å². The molecule has 1 N–H and O–H groups in total. The largest absolute Gasteiger partial charge is 0.450 e. The zero-order valence-corrected chi connectivity index (χ0v) is 19.2. The third kappa shape index (κ3) is 3.57. The Kier molecular flexibility index (Phi) is 5.43. The SMILES string of the molecule is O=C(c1ccc(Cl)cc1)c1oc2ccccc2c1NC(=O)c1sc2cccc(Cl)c2c1Cl. The first-order valence-corrected chi connectivity index (χ1v) is 11.4. The van der Waals surface area contributed by atoms with E-state index >= 15 is 0 Å². The molecular formula is C24H12Cl3NO3S. The molecule has 5 aromatic rings. The number of amides is 1. The molecule has 3 aromatic carbocycles. The minimum Gasteiger partial charge on any atom is -0.450 e. The quantitative estimate of drug-likeness (QED) is 0.254. The molecule has 0 saturated carbocycles. The highest BCUT2D eigenvalue weighted by molar-refractivity contribution is 7.21. The van der Waals surface area contributed by atoms with Gasteiger partial charge in [-0.3, -0.25) is 9.59 Å². The van der Waals surface area contributed by atoms with Gasteiger partial charge in [-0.2, -0.15) is 0 Å². The highest BCUT2D eigenvalue weighted by Gasteiger charge is 2.26. The molecule has 32 heavy (non-hydrogen) atoms. The van der Waals surface area contributed by atoms with Crippen molar-refractivity contribution in [1.29, 1.82) is 0 Å². The van der Waals surface area contributed by atoms with Gasteiger partial charge < -0.3 is 9.73 Å². The number of carbonyl (C=O) groups excluding carboxylic acids is 2. The van der Waals surface area contributed by atoms with Crippen molar-refractivity contribution in [2.24, 2.45) is 0 Å². The van der Waals surface area contributed by atoms with E-state index in [0.29, 0.717) is 36.8 Å². The maximum Gasteiger partial charge on any atom is 0.267 e. The number of rotatable bonds is 4. The number of para-hydroxylation sites is 1. The number of benzene rings is 3. The predicted molar refractivity (Wildman–Crippen MR) is 131 cm³/mol. The van der Waals surface area contributed by atoms with Crippen LogP contribution in [0.3, 0.4) is 0 Å². The van der Waals surface area contributed by atoms with Gasteiger partial charge in [-0.15, -0.1) is 11.3 Å². The van der Waals surface area contributed by atoms with E-state index in [0.717, 1.165) is 4.70 Å². The van der Waals surface area contributed by atoms with Gasteiger partial charge in [0.15, 0.2) is 5.76 Å². The molecule has 2 aromatic heterocycles. The van der Waals surface area contributed by atoms with Crippen LogP contribution in [0.4, 0.5) is 5.69 Å². The van der Waals surface area contributed by atoms with Crippen molar-refractivity contribution in [3.63, 3.8) is 0 Å². The Bertz CT molecular complexity index is 1520. The van der Waals surface area contributed by atoms with Crippen LogP contribution in [-0.2, 0) is 0 Å². The van der Waals surface area contributed by atoms with Crippen LogP contribution in [0, 0.1) is 0 Å². The molecule has 0 atom stereocenters. The fourth-order valence-corrected chi connectivity index (χ4v) is 5.43. The molecule has 0 aliphatic heterocycles. The lowest BCUT2D eigenvalue weighted by Crippen LogP contribution is -2.13. The smallest absolute Gasteiger partial charge is 0.267 e. The number of thiophene rings is 1. The Hall–Kier alpha value is -2.83. The van der Waals surface area contributed by atoms with Gasteiger partial charge in [0, 0.05) is 26.1 Å². The minimum absolute atomic E-state index is 0.0251. The van der Waals surface area contributed by atoms with E-state index < -0.39 is 5.91 Å². The summed E-state index contributed by atoms with van der Waals surface area (Å²) in [5.41, 5.74) is 1.14. The number of halogens is 3. The van der Waals surface area contributed by atoms with E-state index in [4.69, 9.17) is 39.2 Å². The second-order valence-electron chi connectivity index (χ2n) is 6.95. The average molecular weight is 501 g/mol. The van der Waals surface area contributed by atoms with Crippen molar-refractivity contribution in [2.75, 3.05) is 5.32 Å². The number of ketones is 1. The van der Waals surface area contributed by atoms with Gasteiger partial charge in [-0.05, 0) is 48.5 Å². The van der Waals surface area contributed by atoms with Crippen LogP contribution in [0.15, 0.2) is 71.1 Å². The van der Waals surface area contributed by atoms with Crippen molar-refractivity contribution in [1.82, 2.24) is 0 Å². The Morgan fingerprint density at radius 2 is 1.62 bits per heavy atom. The van der Waals surface area contributed by atoms with Crippen LogP contribution in [0.25, 0.3) is 21.1 Å². The molecule has 0 aliphatic carbocycles. The number of fused-ring (bicyclic) bond motifs is 2. The summed E-state index contributed by atoms with van der Waals surface area (Å²) in [6, 6.07) is 18.9. The van der Waals surface area contributed by atoms with Crippen molar-refractivity contribution < 1.29 is 14.0 Å². The van der Waals surface area contributed by atoms with Crippen molar-refractivity contribution in [2.45, 2.75) is 0 Å². The standard InChI is InChI=1S/C24H12Cl3NO3S/c25-13-10-8-12(9-11-13)21(29)22-20(14-4-1-2-6-16(14)31-22)28-24(30)23-19(27)18-15(26)5-3-7-17(18)32-23/h1-11H,(H,28,30). The molecule has 5 rings (SSSR count). The van der Waals surface area contributed by atoms with Crippen molar-refractivity contribution in [3.05, 3.63) is 98.0 Å². The molecule has 4 nitrogen and oxygen atoms in total. The number of anilines is 1. The predicted octanol–water partition coefficient (Wildman–Crippen LogP) is 8.09. The van der Waals surface area contributed by atoms with E-state index in [-0.39, 0.29) is 22.3 Å². The third-order valence-electron chi connectivity index (χ3n) is 4.96. The molecule has 0 spiro atoms. The molecule has 0 fully saturated rings. The lowest BCUT2D eigenvalue weighted by molar-refractivity contribution is 0.101. The number of carbonyl (C=O) groups is 2. The number of hydrogen-bond acceptors (Lipinski definition) is 4. The summed E-state index contributed by atoms with van der Waals surface area (Å²) in [6.07, 6.45) is 0. The fraction of sp³-hybridized carbons (Fsp3) is 0. The number of nitrogens with one attached hydrogen (secondary N) is 1. The monoisotopic (exact) mass is 499 g/mol. The highest BCUT2D eigenvalue weighted by atomic mass is 35.5. The maximum atomic E-state index is 13.2. The van der Waals surface area contributed by atoms with Crippen LogP contribution in [0.1, 0.15) is 25.8 Å². The number of hydrogen-bond donors (Lipinski definition) is 1. The molecule has 0 aliphatic rings. The van der Waals surface area contributed by atoms with E-state index in [1.54, 1.807) is 60.7 Å². The van der Waals surface area contributed by atoms with Crippen LogP contribution in [-0.4, -0.2) is 11.7 Å². The summed E-state index contributed by atoms with van der Waals surface area (Å²) in [4.78, 5) is 26.7. The molecule has 158 valence electrons. The van der Waals surface area contributed by atoms with Crippen LogP contribution in [0.2, 0.25) is 15.1 Å². The molecule has 0 unspecified atom stereocenters. The first-order valence-electron chi connectivity index (χ1n) is 9.43. The zero-order valence-electron chi connectivity index (χ0n) is 16.1. The van der Waals surface area contributed by atoms with E-state index in [9.17, 15) is 9.59 Å². The van der Waals surface area contributed by atoms with Crippen molar-refractivity contribution in [3.8, 4) is 0 Å². The summed E-state index contributed by atoms with van der Waals surface area (Å²) in [5.74, 6) is -0.806. The first-order chi connectivity index (χ1) is 15.4. The maximum absolute atomic E-state index is 13.2. The zero-order chi connectivity index (χ0) is 22.4. The lowest BCUT2D eigenvalue weighted by Gasteiger charge is -2.06. The van der Waals surface area contributed by atoms with Gasteiger partial charge in [-0.25, -0.2) is 0 Å². The van der Waals surface area contributed by atoms with E-state index in [2.05, 4.69) is 5.32 Å². The molecule has 2 heterocycles. The molecule has 1 amide bonds. The van der Waals surface area contributed by atoms with Gasteiger partial charge in [0.05, 0.1) is 15.7 Å². The minimum atomic E-state index is -0.455. The first kappa shape index (κ1) is 21.0. The van der Waals surface area contributed by atoms with Gasteiger partial charge >= 0.3 is 0 Å². The van der Waals surface area contributed by atoms with E-state index in [1.165, 1.54) is 11.3 Å². The van der Waals surface area contributed by atoms with Gasteiger partial charge in [0.1, 0.15) is 10.5 Å². The van der Waals surface area contributed by atoms with Gasteiger partial charge in [-0.1, -0.05) is 53.0 Å². The Labute approximate surface area is 201 Å². The normalized spacial score (nSPS) is 11.2. The summed E-state index contributed by atoms with van der Waals surface area (Å²) in [5, 5.41) is 5.32. The summed E-state index contributed by atoms with van der Waals surface area (Å²) >= 11 is 19.9. The average Bonchev–Trinajstić information content (AvgIpc) is 3.33. The summed E-state index contributed by atoms with van der Waals surface area (Å²) < 4.78 is 6.64. The third-order valence-corrected chi connectivity index (χ3v) is 7.17. The Balaban J connectivity index is 1.60. The molecule has 0 bridgehead atoms. The highest BCUT2D eigenvalue weighted by Crippen LogP contribution is 2.40. The van der Waals surface area contributed by atoms with Gasteiger partial charge in [0.25, 0.3) is 5.91 Å². The van der Waals surface area contributed by atoms with Crippen LogP contribution in [0.5, 0.6) is 0 Å². The fourth-order valence-electron chi connectivity index (χ4n) is 3.45. The summed E-state index contributed by atoms with van der Waals surface area (Å²) in [7, 11) is 0. The van der Waals surface area contributed by atoms with E-state index in [1.807, 2.05) is 6.07 Å². The Morgan fingerprint density at radius 1 is 0.875 bits per heavy atom. The van der Waals surface area contributed by atoms with Crippen LogP contribution < -0.4 is 5.32 Å². The number of furan rings is 1. The molecular weight excluding hydrogens is 489 g/mol. The second-order valence-corrected chi connectivity index (χ2v) is 9.22. The second kappa shape index (κ2) is 8.26.